The standard InChI is InChI=1S/C14H14ClF3N4O3/c1-7(23)9-6-22(13(25)21-12(9)24)3-2-19-11-10(15)4-8(5-20-11)14(16,17)18/h4,6,10H,2-3,5H2,1H3,(H,19,20)(H,21,24,25). The smallest absolute Gasteiger partial charge is 0.371 e. The third kappa shape index (κ3) is 4.59. The Kier molecular flexibility index (Phi) is 5.51. The summed E-state index contributed by atoms with van der Waals surface area (Å²) in [6.07, 6.45) is -2.47. The number of nitrogens with one attached hydrogen (secondary N) is 2. The summed E-state index contributed by atoms with van der Waals surface area (Å²) in [5.41, 5.74) is -2.46. The van der Waals surface area contributed by atoms with Crippen LogP contribution in [-0.2, 0) is 6.54 Å². The van der Waals surface area contributed by atoms with Gasteiger partial charge in [0.25, 0.3) is 5.56 Å². The molecule has 1 aliphatic heterocycles. The van der Waals surface area contributed by atoms with Crippen molar-refractivity contribution >= 4 is 23.2 Å². The van der Waals surface area contributed by atoms with Crippen LogP contribution in [0.15, 0.2) is 32.4 Å². The largest absolute Gasteiger partial charge is 0.414 e. The van der Waals surface area contributed by atoms with E-state index in [1.54, 1.807) is 0 Å². The average Bonchev–Trinajstić information content (AvgIpc) is 2.49. The fourth-order valence-electron chi connectivity index (χ4n) is 2.13. The summed E-state index contributed by atoms with van der Waals surface area (Å²) in [5, 5.41) is 1.69. The van der Waals surface area contributed by atoms with Crippen LogP contribution in [0.25, 0.3) is 0 Å². The van der Waals surface area contributed by atoms with Crippen molar-refractivity contribution in [3.05, 3.63) is 44.2 Å². The molecule has 0 spiro atoms. The number of aliphatic imine (C=N–C) groups is 1. The molecule has 0 saturated carbocycles. The monoisotopic (exact) mass is 378 g/mol. The van der Waals surface area contributed by atoms with Crippen molar-refractivity contribution in [1.82, 2.24) is 14.9 Å². The molecule has 2 heterocycles. The fraction of sp³-hybridized carbons (Fsp3) is 0.429. The fourth-order valence-corrected chi connectivity index (χ4v) is 2.43. The molecule has 25 heavy (non-hydrogen) atoms. The zero-order chi connectivity index (χ0) is 18.8. The van der Waals surface area contributed by atoms with Crippen LogP contribution in [0.2, 0.25) is 0 Å². The maximum absolute atomic E-state index is 12.6. The summed E-state index contributed by atoms with van der Waals surface area (Å²) in [5.74, 6) is -0.343. The quantitative estimate of drug-likeness (QED) is 0.461. The second kappa shape index (κ2) is 7.26. The number of amidine groups is 1. The van der Waals surface area contributed by atoms with Gasteiger partial charge >= 0.3 is 11.9 Å². The molecule has 0 amide bonds. The summed E-state index contributed by atoms with van der Waals surface area (Å²) >= 11 is 5.85. The van der Waals surface area contributed by atoms with E-state index in [4.69, 9.17) is 11.6 Å². The molecular formula is C14H14ClF3N4O3. The number of aromatic nitrogens is 2. The van der Waals surface area contributed by atoms with E-state index in [1.807, 2.05) is 4.98 Å². The first-order valence-electron chi connectivity index (χ1n) is 7.14. The van der Waals surface area contributed by atoms with Gasteiger partial charge in [0.2, 0.25) is 0 Å². The van der Waals surface area contributed by atoms with Crippen molar-refractivity contribution in [1.29, 1.82) is 0 Å². The zero-order valence-corrected chi connectivity index (χ0v) is 13.7. The average molecular weight is 379 g/mol. The number of carbonyl (C=O) groups is 1. The van der Waals surface area contributed by atoms with Crippen molar-refractivity contribution in [2.75, 3.05) is 13.1 Å². The second-order valence-corrected chi connectivity index (χ2v) is 5.74. The molecule has 1 aromatic rings. The van der Waals surface area contributed by atoms with Crippen LogP contribution in [-0.4, -0.2) is 45.8 Å². The second-order valence-electron chi connectivity index (χ2n) is 5.27. The summed E-state index contributed by atoms with van der Waals surface area (Å²) in [6.45, 7) is 0.814. The summed E-state index contributed by atoms with van der Waals surface area (Å²) in [6, 6.07) is 0. The number of halogens is 4. The Balaban J connectivity index is 2.02. The lowest BCUT2D eigenvalue weighted by molar-refractivity contribution is -0.0924. The summed E-state index contributed by atoms with van der Waals surface area (Å²) < 4.78 is 38.9. The number of Topliss-reactive ketones (excluding diaryl/α,β-unsaturated/α-hetero) is 1. The number of dihydropyridines is 1. The van der Waals surface area contributed by atoms with Gasteiger partial charge in [0, 0.05) is 19.3 Å². The van der Waals surface area contributed by atoms with Gasteiger partial charge in [0.15, 0.2) is 5.78 Å². The number of rotatable bonds is 4. The van der Waals surface area contributed by atoms with E-state index in [0.717, 1.165) is 16.8 Å². The molecule has 7 nitrogen and oxygen atoms in total. The molecule has 0 aliphatic carbocycles. The first-order valence-corrected chi connectivity index (χ1v) is 7.58. The minimum absolute atomic E-state index is 0.0500. The van der Waals surface area contributed by atoms with E-state index < -0.39 is 40.7 Å². The van der Waals surface area contributed by atoms with Crippen LogP contribution in [0.3, 0.4) is 0 Å². The maximum atomic E-state index is 12.6. The minimum atomic E-state index is -4.48. The lowest BCUT2D eigenvalue weighted by atomic mass is 10.1. The Morgan fingerprint density at radius 2 is 2.16 bits per heavy atom. The Hall–Kier alpha value is -2.36. The van der Waals surface area contributed by atoms with Crippen LogP contribution in [0.5, 0.6) is 0 Å². The van der Waals surface area contributed by atoms with Gasteiger partial charge in [-0.25, -0.2) is 4.79 Å². The summed E-state index contributed by atoms with van der Waals surface area (Å²) in [7, 11) is 0. The van der Waals surface area contributed by atoms with E-state index in [-0.39, 0.29) is 24.5 Å². The molecule has 2 N–H and O–H groups in total. The molecule has 0 fully saturated rings. The lowest BCUT2D eigenvalue weighted by Crippen LogP contribution is -2.39. The number of alkyl halides is 4. The van der Waals surface area contributed by atoms with E-state index in [0.29, 0.717) is 0 Å². The van der Waals surface area contributed by atoms with Gasteiger partial charge in [0.05, 0.1) is 17.7 Å². The Morgan fingerprint density at radius 1 is 1.48 bits per heavy atom. The molecule has 1 aliphatic rings. The molecule has 1 atom stereocenters. The van der Waals surface area contributed by atoms with Crippen LogP contribution in [0, 0.1) is 0 Å². The highest BCUT2D eigenvalue weighted by Crippen LogP contribution is 2.28. The first-order chi connectivity index (χ1) is 11.6. The Morgan fingerprint density at radius 3 is 2.72 bits per heavy atom. The molecule has 1 aromatic heterocycles. The third-order valence-corrected chi connectivity index (χ3v) is 3.77. The van der Waals surface area contributed by atoms with E-state index in [2.05, 4.69) is 10.3 Å². The molecule has 0 saturated heterocycles. The molecule has 11 heteroatoms. The Labute approximate surface area is 144 Å². The topological polar surface area (TPSA) is 96.3 Å². The SMILES string of the molecule is CC(=O)c1cn(CCNC2=NCC(C(F)(F)F)=CC2Cl)c(=O)[nH]c1=O. The van der Waals surface area contributed by atoms with E-state index in [9.17, 15) is 27.6 Å². The van der Waals surface area contributed by atoms with Crippen LogP contribution in [0.1, 0.15) is 17.3 Å². The molecule has 0 bridgehead atoms. The maximum Gasteiger partial charge on any atom is 0.414 e. The predicted octanol–water partition coefficient (Wildman–Crippen LogP) is 0.837. The van der Waals surface area contributed by atoms with Gasteiger partial charge in [-0.3, -0.25) is 24.1 Å². The van der Waals surface area contributed by atoms with Crippen molar-refractivity contribution in [2.45, 2.75) is 25.0 Å². The van der Waals surface area contributed by atoms with Crippen molar-refractivity contribution < 1.29 is 18.0 Å². The van der Waals surface area contributed by atoms with Gasteiger partial charge < -0.3 is 5.32 Å². The van der Waals surface area contributed by atoms with Gasteiger partial charge in [-0.2, -0.15) is 13.2 Å². The number of hydrogen-bond donors (Lipinski definition) is 2. The van der Waals surface area contributed by atoms with Crippen molar-refractivity contribution in [3.8, 4) is 0 Å². The highest BCUT2D eigenvalue weighted by atomic mass is 35.5. The van der Waals surface area contributed by atoms with Gasteiger partial charge in [0.1, 0.15) is 11.2 Å². The van der Waals surface area contributed by atoms with Gasteiger partial charge in [-0.15, -0.1) is 11.6 Å². The van der Waals surface area contributed by atoms with Crippen LogP contribution < -0.4 is 16.6 Å². The van der Waals surface area contributed by atoms with Gasteiger partial charge in [-0.05, 0) is 13.0 Å². The number of ketones is 1. The van der Waals surface area contributed by atoms with Gasteiger partial charge in [-0.1, -0.05) is 0 Å². The first kappa shape index (κ1) is 19.0. The molecule has 0 radical (unpaired) electrons. The molecular weight excluding hydrogens is 365 g/mol. The van der Waals surface area contributed by atoms with E-state index >= 15 is 0 Å². The number of carbonyl (C=O) groups excluding carboxylic acids is 1. The number of nitrogens with zero attached hydrogens (tertiary/aromatic N) is 2. The normalized spacial score (nSPS) is 17.7. The van der Waals surface area contributed by atoms with Crippen LogP contribution in [0.4, 0.5) is 13.2 Å². The number of aromatic amines is 1. The molecule has 2 rings (SSSR count). The lowest BCUT2D eigenvalue weighted by Gasteiger charge is -2.20. The highest BCUT2D eigenvalue weighted by Gasteiger charge is 2.36. The molecule has 1 unspecified atom stereocenters. The molecule has 0 aromatic carbocycles. The zero-order valence-electron chi connectivity index (χ0n) is 13.0. The van der Waals surface area contributed by atoms with Crippen molar-refractivity contribution in [2.24, 2.45) is 4.99 Å². The van der Waals surface area contributed by atoms with Crippen molar-refractivity contribution in [3.63, 3.8) is 0 Å². The predicted molar refractivity (Wildman–Crippen MR) is 85.4 cm³/mol. The number of H-pyrrole nitrogens is 1. The summed E-state index contributed by atoms with van der Waals surface area (Å²) in [4.78, 5) is 40.3. The third-order valence-electron chi connectivity index (χ3n) is 3.44. The van der Waals surface area contributed by atoms with Crippen LogP contribution >= 0.6 is 11.6 Å². The Bertz CT molecular complexity index is 854. The highest BCUT2D eigenvalue weighted by molar-refractivity contribution is 6.33. The molecule has 136 valence electrons. The number of hydrogen-bond acceptors (Lipinski definition) is 5. The minimum Gasteiger partial charge on any atom is -0.371 e. The van der Waals surface area contributed by atoms with E-state index in [1.165, 1.54) is 6.92 Å².